The van der Waals surface area contributed by atoms with Gasteiger partial charge in [-0.05, 0) is 74.2 Å². The molecule has 200 valence electrons. The quantitative estimate of drug-likeness (QED) is 0.273. The van der Waals surface area contributed by atoms with Gasteiger partial charge >= 0.3 is 0 Å². The Morgan fingerprint density at radius 2 is 1.77 bits per heavy atom. The molecule has 1 atom stereocenters. The van der Waals surface area contributed by atoms with Crippen molar-refractivity contribution in [3.05, 3.63) is 106 Å². The van der Waals surface area contributed by atoms with E-state index in [1.165, 1.54) is 16.9 Å². The molecule has 2 aromatic carbocycles. The molecule has 0 saturated heterocycles. The number of benzene rings is 2. The topological polar surface area (TPSA) is 74.3 Å². The Kier molecular flexibility index (Phi) is 7.03. The Bertz CT molecular complexity index is 1510. The molecule has 7 heteroatoms. The molecular weight excluding hydrogens is 504 g/mol. The number of amides is 2. The van der Waals surface area contributed by atoms with Crippen LogP contribution in [0.5, 0.6) is 0 Å². The number of hydrogen-bond donors (Lipinski definition) is 2. The molecule has 6 nitrogen and oxygen atoms in total. The summed E-state index contributed by atoms with van der Waals surface area (Å²) in [5, 5.41) is 6.68. The van der Waals surface area contributed by atoms with Gasteiger partial charge in [0.25, 0.3) is 5.91 Å². The van der Waals surface area contributed by atoms with Crippen molar-refractivity contribution in [1.82, 2.24) is 4.98 Å². The minimum atomic E-state index is -0.427. The number of nitrogens with zero attached hydrogens (tertiary/aromatic N) is 2. The summed E-state index contributed by atoms with van der Waals surface area (Å²) in [5.41, 5.74) is 4.66. The van der Waals surface area contributed by atoms with E-state index in [4.69, 9.17) is 0 Å². The van der Waals surface area contributed by atoms with Gasteiger partial charge in [-0.3, -0.25) is 14.6 Å². The lowest BCUT2D eigenvalue weighted by molar-refractivity contribution is -0.117. The Hall–Kier alpha value is -3.97. The minimum absolute atomic E-state index is 0.0135. The maximum absolute atomic E-state index is 13.3. The fraction of sp³-hybridized carbons (Fsp3) is 0.281. The van der Waals surface area contributed by atoms with Crippen LogP contribution in [0.1, 0.15) is 65.4 Å². The predicted molar refractivity (Wildman–Crippen MR) is 160 cm³/mol. The van der Waals surface area contributed by atoms with Crippen LogP contribution in [0.15, 0.2) is 79.1 Å². The van der Waals surface area contributed by atoms with E-state index in [-0.39, 0.29) is 17.2 Å². The van der Waals surface area contributed by atoms with Gasteiger partial charge in [0.1, 0.15) is 0 Å². The third-order valence-electron chi connectivity index (χ3n) is 7.51. The summed E-state index contributed by atoms with van der Waals surface area (Å²) >= 11 is 1.47. The summed E-state index contributed by atoms with van der Waals surface area (Å²) in [4.78, 5) is 34.3. The van der Waals surface area contributed by atoms with E-state index >= 15 is 0 Å². The number of carbonyl (C=O) groups is 2. The van der Waals surface area contributed by atoms with Crippen LogP contribution in [0.25, 0.3) is 0 Å². The average Bonchev–Trinajstić information content (AvgIpc) is 3.34. The highest BCUT2D eigenvalue weighted by atomic mass is 32.1. The van der Waals surface area contributed by atoms with Crippen molar-refractivity contribution in [3.63, 3.8) is 0 Å². The van der Waals surface area contributed by atoms with Crippen molar-refractivity contribution < 1.29 is 9.59 Å². The fourth-order valence-electron chi connectivity index (χ4n) is 5.93. The summed E-state index contributed by atoms with van der Waals surface area (Å²) in [6, 6.07) is 22.2. The summed E-state index contributed by atoms with van der Waals surface area (Å²) in [6.45, 7) is 10.6. The number of pyridine rings is 1. The molecule has 1 unspecified atom stereocenters. The number of aryl methyl sites for hydroxylation is 1. The molecule has 2 N–H and O–H groups in total. The first kappa shape index (κ1) is 26.6. The lowest BCUT2D eigenvalue weighted by Gasteiger charge is -2.51. The molecule has 0 spiro atoms. The highest BCUT2D eigenvalue weighted by Gasteiger charge is 2.47. The second kappa shape index (κ2) is 10.3. The van der Waals surface area contributed by atoms with Crippen molar-refractivity contribution in [2.24, 2.45) is 0 Å². The van der Waals surface area contributed by atoms with Gasteiger partial charge in [-0.15, -0.1) is 11.3 Å². The van der Waals surface area contributed by atoms with E-state index in [2.05, 4.69) is 66.7 Å². The molecule has 4 aromatic rings. The fourth-order valence-corrected chi connectivity index (χ4v) is 6.69. The van der Waals surface area contributed by atoms with Crippen LogP contribution in [-0.2, 0) is 16.8 Å². The van der Waals surface area contributed by atoms with Gasteiger partial charge in [-0.2, -0.15) is 0 Å². The number of fused-ring (bicyclic) bond motifs is 1. The molecule has 5 rings (SSSR count). The Morgan fingerprint density at radius 1 is 1.00 bits per heavy atom. The van der Waals surface area contributed by atoms with Gasteiger partial charge in [0.2, 0.25) is 5.91 Å². The highest BCUT2D eigenvalue weighted by Crippen LogP contribution is 2.52. The highest BCUT2D eigenvalue weighted by molar-refractivity contribution is 7.14. The average molecular weight is 539 g/mol. The summed E-state index contributed by atoms with van der Waals surface area (Å²) < 4.78 is 0. The van der Waals surface area contributed by atoms with E-state index in [9.17, 15) is 9.59 Å². The molecule has 1 aliphatic rings. The number of anilines is 3. The van der Waals surface area contributed by atoms with Gasteiger partial charge in [-0.25, -0.2) is 0 Å². The lowest BCUT2D eigenvalue weighted by Crippen LogP contribution is -2.55. The maximum atomic E-state index is 13.3. The normalized spacial score (nSPS) is 17.8. The largest absolute Gasteiger partial charge is 0.379 e. The van der Waals surface area contributed by atoms with Crippen molar-refractivity contribution >= 4 is 40.2 Å². The van der Waals surface area contributed by atoms with Crippen LogP contribution < -0.4 is 15.5 Å². The van der Waals surface area contributed by atoms with E-state index in [0.717, 1.165) is 33.8 Å². The molecular formula is C32H34N4O2S. The van der Waals surface area contributed by atoms with Crippen LogP contribution in [0.3, 0.4) is 0 Å². The lowest BCUT2D eigenvalue weighted by atomic mass is 9.65. The Balaban J connectivity index is 1.68. The first-order valence-corrected chi connectivity index (χ1v) is 14.0. The molecule has 2 amide bonds. The first-order chi connectivity index (χ1) is 18.6. The number of aromatic nitrogens is 1. The number of thiophene rings is 1. The SMILES string of the molecule is CC(=O)N1c2cc(NCc3cccnc3)c(NC(=O)c3ccc(C)s3)cc2C(C)(c2ccccc2)CC1(C)C. The molecule has 0 saturated carbocycles. The van der Waals surface area contributed by atoms with Crippen LogP contribution in [0.4, 0.5) is 17.1 Å². The summed E-state index contributed by atoms with van der Waals surface area (Å²) in [5.74, 6) is -0.168. The molecule has 0 radical (unpaired) electrons. The molecule has 0 fully saturated rings. The Labute approximate surface area is 234 Å². The van der Waals surface area contributed by atoms with Gasteiger partial charge < -0.3 is 15.5 Å². The molecule has 0 aliphatic carbocycles. The molecule has 2 aromatic heterocycles. The van der Waals surface area contributed by atoms with Crippen LogP contribution in [-0.4, -0.2) is 22.3 Å². The zero-order chi connectivity index (χ0) is 27.8. The second-order valence-electron chi connectivity index (χ2n) is 11.0. The smallest absolute Gasteiger partial charge is 0.265 e. The van der Waals surface area contributed by atoms with Gasteiger partial charge in [-0.1, -0.05) is 43.3 Å². The summed E-state index contributed by atoms with van der Waals surface area (Å²) in [7, 11) is 0. The molecule has 0 bridgehead atoms. The van der Waals surface area contributed by atoms with Crippen LogP contribution >= 0.6 is 11.3 Å². The first-order valence-electron chi connectivity index (χ1n) is 13.1. The van der Waals surface area contributed by atoms with E-state index in [0.29, 0.717) is 17.1 Å². The zero-order valence-electron chi connectivity index (χ0n) is 23.0. The van der Waals surface area contributed by atoms with Crippen molar-refractivity contribution in [2.75, 3.05) is 15.5 Å². The molecule has 1 aliphatic heterocycles. The van der Waals surface area contributed by atoms with Gasteiger partial charge in [0.15, 0.2) is 0 Å². The second-order valence-corrected chi connectivity index (χ2v) is 12.3. The predicted octanol–water partition coefficient (Wildman–Crippen LogP) is 7.16. The van der Waals surface area contributed by atoms with Gasteiger partial charge in [0.05, 0.1) is 21.9 Å². The number of hydrogen-bond acceptors (Lipinski definition) is 5. The van der Waals surface area contributed by atoms with E-state index in [1.807, 2.05) is 54.4 Å². The van der Waals surface area contributed by atoms with E-state index < -0.39 is 5.54 Å². The molecule has 39 heavy (non-hydrogen) atoms. The zero-order valence-corrected chi connectivity index (χ0v) is 23.9. The minimum Gasteiger partial charge on any atom is -0.379 e. The van der Waals surface area contributed by atoms with Crippen molar-refractivity contribution in [1.29, 1.82) is 0 Å². The number of rotatable bonds is 6. The van der Waals surface area contributed by atoms with Crippen molar-refractivity contribution in [3.8, 4) is 0 Å². The number of nitrogens with one attached hydrogen (secondary N) is 2. The molecule has 3 heterocycles. The van der Waals surface area contributed by atoms with E-state index in [1.54, 1.807) is 13.1 Å². The Morgan fingerprint density at radius 3 is 2.41 bits per heavy atom. The third kappa shape index (κ3) is 5.19. The standard InChI is InChI=1S/C32H34N4O2S/c1-21-13-14-29(39-21)30(38)35-27-16-25-28(17-26(27)34-19-23-10-9-15-33-18-23)36(22(2)37)31(3,4)20-32(25,5)24-11-7-6-8-12-24/h6-18,34H,19-20H2,1-5H3,(H,35,38). The summed E-state index contributed by atoms with van der Waals surface area (Å²) in [6.07, 6.45) is 4.29. The van der Waals surface area contributed by atoms with Crippen molar-refractivity contribution in [2.45, 2.75) is 58.5 Å². The number of carbonyl (C=O) groups excluding carboxylic acids is 2. The monoisotopic (exact) mass is 538 g/mol. The maximum Gasteiger partial charge on any atom is 0.265 e. The van der Waals surface area contributed by atoms with Gasteiger partial charge in [0, 0.05) is 41.7 Å². The van der Waals surface area contributed by atoms with Crippen LogP contribution in [0.2, 0.25) is 0 Å². The van der Waals surface area contributed by atoms with Crippen LogP contribution in [0, 0.1) is 6.92 Å². The third-order valence-corrected chi connectivity index (χ3v) is 8.51.